The molecule has 0 saturated carbocycles. The molecule has 1 aromatic carbocycles. The van der Waals surface area contributed by atoms with Crippen LogP contribution in [0.15, 0.2) is 42.5 Å². The van der Waals surface area contributed by atoms with Crippen molar-refractivity contribution < 1.29 is 0 Å². The molecule has 0 saturated heterocycles. The molecule has 106 valence electrons. The van der Waals surface area contributed by atoms with Gasteiger partial charge in [-0.05, 0) is 11.6 Å². The molecule has 0 atom stereocenters. The number of benzene rings is 1. The van der Waals surface area contributed by atoms with Gasteiger partial charge in [-0.1, -0.05) is 59.6 Å². The number of hydrogen-bond acceptors (Lipinski definition) is 3. The van der Waals surface area contributed by atoms with Crippen LogP contribution >= 0.6 is 23.2 Å². The van der Waals surface area contributed by atoms with Crippen LogP contribution < -0.4 is 5.73 Å². The summed E-state index contributed by atoms with van der Waals surface area (Å²) in [5, 5.41) is 0.861. The van der Waals surface area contributed by atoms with Gasteiger partial charge < -0.3 is 5.73 Å². The highest BCUT2D eigenvalue weighted by Crippen LogP contribution is 2.19. The van der Waals surface area contributed by atoms with E-state index in [-0.39, 0.29) is 0 Å². The number of rotatable bonds is 6. The number of halogens is 2. The fraction of sp³-hybridized carbons (Fsp3) is 0.267. The summed E-state index contributed by atoms with van der Waals surface area (Å²) in [7, 11) is 0. The van der Waals surface area contributed by atoms with E-state index in [1.807, 2.05) is 24.3 Å². The maximum Gasteiger partial charge on any atom is 0.135 e. The maximum atomic E-state index is 6.12. The van der Waals surface area contributed by atoms with Crippen molar-refractivity contribution in [2.75, 3.05) is 13.1 Å². The summed E-state index contributed by atoms with van der Waals surface area (Å²) >= 11 is 11.9. The molecule has 2 N–H and O–H groups in total. The third-order valence-corrected chi connectivity index (χ3v) is 3.52. The van der Waals surface area contributed by atoms with Gasteiger partial charge >= 0.3 is 0 Å². The van der Waals surface area contributed by atoms with Crippen molar-refractivity contribution in [1.29, 1.82) is 0 Å². The topological polar surface area (TPSA) is 42.1 Å². The predicted molar refractivity (Wildman–Crippen MR) is 83.9 cm³/mol. The zero-order valence-corrected chi connectivity index (χ0v) is 12.6. The summed E-state index contributed by atoms with van der Waals surface area (Å²) in [6.45, 7) is 2.94. The number of hydrogen-bond donors (Lipinski definition) is 1. The lowest BCUT2D eigenvalue weighted by Gasteiger charge is -2.22. The number of nitrogens with zero attached hydrogens (tertiary/aromatic N) is 2. The molecular formula is C15H17Cl2N3. The molecule has 0 bridgehead atoms. The van der Waals surface area contributed by atoms with Crippen LogP contribution in [0, 0.1) is 0 Å². The molecule has 0 aliphatic carbocycles. The molecule has 5 heteroatoms. The van der Waals surface area contributed by atoms with Crippen molar-refractivity contribution in [2.45, 2.75) is 13.1 Å². The second kappa shape index (κ2) is 7.60. The van der Waals surface area contributed by atoms with Crippen molar-refractivity contribution in [3.8, 4) is 0 Å². The monoisotopic (exact) mass is 309 g/mol. The van der Waals surface area contributed by atoms with Gasteiger partial charge in [0.1, 0.15) is 10.3 Å². The smallest absolute Gasteiger partial charge is 0.135 e. The van der Waals surface area contributed by atoms with E-state index in [0.29, 0.717) is 23.4 Å². The molecule has 1 heterocycles. The minimum absolute atomic E-state index is 0.409. The Morgan fingerprint density at radius 3 is 2.40 bits per heavy atom. The van der Waals surface area contributed by atoms with Crippen LogP contribution in [0.5, 0.6) is 0 Å². The first-order valence-electron chi connectivity index (χ1n) is 6.46. The summed E-state index contributed by atoms with van der Waals surface area (Å²) in [5.41, 5.74) is 7.90. The fourth-order valence-corrected chi connectivity index (χ4v) is 2.44. The van der Waals surface area contributed by atoms with Gasteiger partial charge in [-0.15, -0.1) is 0 Å². The average Bonchev–Trinajstić information content (AvgIpc) is 2.43. The molecule has 0 aliphatic rings. The Labute approximate surface area is 129 Å². The average molecular weight is 310 g/mol. The molecule has 1 aromatic heterocycles. The zero-order valence-electron chi connectivity index (χ0n) is 11.1. The van der Waals surface area contributed by atoms with E-state index in [0.717, 1.165) is 18.7 Å². The van der Waals surface area contributed by atoms with Crippen LogP contribution in [0.3, 0.4) is 0 Å². The normalized spacial score (nSPS) is 11.0. The Kier molecular flexibility index (Phi) is 5.80. The molecule has 2 rings (SSSR count). The molecule has 0 spiro atoms. The molecular weight excluding hydrogens is 293 g/mol. The lowest BCUT2D eigenvalue weighted by Crippen LogP contribution is -2.28. The summed E-state index contributed by atoms with van der Waals surface area (Å²) in [4.78, 5) is 6.31. The summed E-state index contributed by atoms with van der Waals surface area (Å²) in [6, 6.07) is 13.9. The number of pyridine rings is 1. The van der Waals surface area contributed by atoms with Gasteiger partial charge in [0.05, 0.1) is 0 Å². The molecule has 3 nitrogen and oxygen atoms in total. The molecule has 0 aliphatic heterocycles. The highest BCUT2D eigenvalue weighted by molar-refractivity contribution is 6.32. The highest BCUT2D eigenvalue weighted by Gasteiger charge is 2.10. The first-order valence-corrected chi connectivity index (χ1v) is 7.22. The van der Waals surface area contributed by atoms with Crippen molar-refractivity contribution >= 4 is 23.2 Å². The standard InChI is InChI=1S/C15H17Cl2N3/c16-14-7-6-13(15(17)19-14)11-20(9-8-18)10-12-4-2-1-3-5-12/h1-7H,8-11,18H2. The molecule has 0 fully saturated rings. The van der Waals surface area contributed by atoms with Gasteiger partial charge in [0.2, 0.25) is 0 Å². The van der Waals surface area contributed by atoms with E-state index in [1.54, 1.807) is 6.07 Å². The Morgan fingerprint density at radius 2 is 1.75 bits per heavy atom. The van der Waals surface area contributed by atoms with E-state index in [4.69, 9.17) is 28.9 Å². The van der Waals surface area contributed by atoms with Crippen LogP contribution in [0.4, 0.5) is 0 Å². The summed E-state index contributed by atoms with van der Waals surface area (Å²) < 4.78 is 0. The molecule has 0 radical (unpaired) electrons. The van der Waals surface area contributed by atoms with E-state index in [9.17, 15) is 0 Å². The van der Waals surface area contributed by atoms with Gasteiger partial charge in [-0.3, -0.25) is 4.90 Å². The number of nitrogens with two attached hydrogens (primary N) is 1. The zero-order chi connectivity index (χ0) is 14.4. The van der Waals surface area contributed by atoms with Crippen LogP contribution in [-0.2, 0) is 13.1 Å². The first-order chi connectivity index (χ1) is 9.69. The van der Waals surface area contributed by atoms with Gasteiger partial charge in [0.25, 0.3) is 0 Å². The van der Waals surface area contributed by atoms with E-state index < -0.39 is 0 Å². The van der Waals surface area contributed by atoms with Crippen LogP contribution in [-0.4, -0.2) is 23.0 Å². The second-order valence-corrected chi connectivity index (χ2v) is 5.31. The molecule has 0 amide bonds. The van der Waals surface area contributed by atoms with Gasteiger partial charge in [-0.2, -0.15) is 0 Å². The Hall–Kier alpha value is -1.13. The Morgan fingerprint density at radius 1 is 1.00 bits per heavy atom. The van der Waals surface area contributed by atoms with Crippen LogP contribution in [0.2, 0.25) is 10.3 Å². The Bertz CT molecular complexity index is 546. The first kappa shape index (κ1) is 15.3. The Balaban J connectivity index is 2.09. The van der Waals surface area contributed by atoms with Crippen molar-refractivity contribution in [1.82, 2.24) is 9.88 Å². The van der Waals surface area contributed by atoms with E-state index >= 15 is 0 Å². The van der Waals surface area contributed by atoms with E-state index in [2.05, 4.69) is 22.0 Å². The van der Waals surface area contributed by atoms with Crippen molar-refractivity contribution in [3.05, 3.63) is 63.9 Å². The third kappa shape index (κ3) is 4.46. The minimum Gasteiger partial charge on any atom is -0.329 e. The van der Waals surface area contributed by atoms with E-state index in [1.165, 1.54) is 5.56 Å². The third-order valence-electron chi connectivity index (χ3n) is 2.98. The van der Waals surface area contributed by atoms with Crippen molar-refractivity contribution in [2.24, 2.45) is 5.73 Å². The summed E-state index contributed by atoms with van der Waals surface area (Å²) in [5.74, 6) is 0. The highest BCUT2D eigenvalue weighted by atomic mass is 35.5. The molecule has 0 unspecified atom stereocenters. The fourth-order valence-electron chi connectivity index (χ4n) is 2.04. The van der Waals surface area contributed by atoms with Crippen LogP contribution in [0.1, 0.15) is 11.1 Å². The van der Waals surface area contributed by atoms with Gasteiger partial charge in [0, 0.05) is 31.7 Å². The molecule has 20 heavy (non-hydrogen) atoms. The quantitative estimate of drug-likeness (QED) is 0.832. The van der Waals surface area contributed by atoms with Crippen LogP contribution in [0.25, 0.3) is 0 Å². The lowest BCUT2D eigenvalue weighted by molar-refractivity contribution is 0.264. The second-order valence-electron chi connectivity index (χ2n) is 4.57. The van der Waals surface area contributed by atoms with Gasteiger partial charge in [-0.25, -0.2) is 4.98 Å². The largest absolute Gasteiger partial charge is 0.329 e. The SMILES string of the molecule is NCCN(Cc1ccccc1)Cc1ccc(Cl)nc1Cl. The van der Waals surface area contributed by atoms with Gasteiger partial charge in [0.15, 0.2) is 0 Å². The number of aromatic nitrogens is 1. The predicted octanol–water partition coefficient (Wildman–Crippen LogP) is 3.35. The summed E-state index contributed by atoms with van der Waals surface area (Å²) in [6.07, 6.45) is 0. The lowest BCUT2D eigenvalue weighted by atomic mass is 10.2. The minimum atomic E-state index is 0.409. The molecule has 2 aromatic rings. The van der Waals surface area contributed by atoms with Crippen molar-refractivity contribution in [3.63, 3.8) is 0 Å². The maximum absolute atomic E-state index is 6.12.